The van der Waals surface area contributed by atoms with Crippen molar-refractivity contribution in [2.45, 2.75) is 38.3 Å². The molecule has 0 spiro atoms. The van der Waals surface area contributed by atoms with Gasteiger partial charge in [-0.3, -0.25) is 4.79 Å². The van der Waals surface area contributed by atoms with Crippen molar-refractivity contribution in [3.05, 3.63) is 72.6 Å². The molecule has 164 valence electrons. The van der Waals surface area contributed by atoms with Crippen molar-refractivity contribution in [2.75, 3.05) is 13.1 Å². The Morgan fingerprint density at radius 1 is 1.19 bits per heavy atom. The largest absolute Gasteiger partial charge is 0.351 e. The monoisotopic (exact) mass is 429 g/mol. The van der Waals surface area contributed by atoms with Gasteiger partial charge in [-0.15, -0.1) is 0 Å². The lowest BCUT2D eigenvalue weighted by Crippen LogP contribution is -2.29. The molecule has 8 heteroatoms. The van der Waals surface area contributed by atoms with Crippen LogP contribution in [-0.2, 0) is 6.54 Å². The fourth-order valence-electron chi connectivity index (χ4n) is 4.19. The normalized spacial score (nSPS) is 16.3. The van der Waals surface area contributed by atoms with Crippen LogP contribution in [0.1, 0.15) is 47.9 Å². The van der Waals surface area contributed by atoms with Crippen LogP contribution in [0.2, 0.25) is 0 Å². The zero-order valence-electron chi connectivity index (χ0n) is 17.9. The van der Waals surface area contributed by atoms with Gasteiger partial charge < -0.3 is 15.2 Å². The van der Waals surface area contributed by atoms with Crippen molar-refractivity contribution in [1.82, 2.24) is 34.8 Å². The molecule has 1 amide bonds. The van der Waals surface area contributed by atoms with E-state index in [0.29, 0.717) is 17.9 Å². The molecule has 0 aliphatic carbocycles. The van der Waals surface area contributed by atoms with Crippen LogP contribution in [0.3, 0.4) is 0 Å². The lowest BCUT2D eigenvalue weighted by atomic mass is 10.0. The van der Waals surface area contributed by atoms with Gasteiger partial charge in [0, 0.05) is 43.2 Å². The van der Waals surface area contributed by atoms with Gasteiger partial charge >= 0.3 is 0 Å². The summed E-state index contributed by atoms with van der Waals surface area (Å²) in [6.07, 6.45) is 9.67. The van der Waals surface area contributed by atoms with Crippen LogP contribution in [0.15, 0.2) is 61.2 Å². The highest BCUT2D eigenvalue weighted by molar-refractivity contribution is 5.93. The summed E-state index contributed by atoms with van der Waals surface area (Å²) in [5.41, 5.74) is 4.08. The van der Waals surface area contributed by atoms with Gasteiger partial charge in [-0.25, -0.2) is 14.5 Å². The van der Waals surface area contributed by atoms with E-state index in [1.807, 2.05) is 33.5 Å². The number of carbonyl (C=O) groups is 1. The summed E-state index contributed by atoms with van der Waals surface area (Å²) in [6, 6.07) is 14.2. The Labute approximate surface area is 186 Å². The first kappa shape index (κ1) is 20.4. The van der Waals surface area contributed by atoms with Crippen molar-refractivity contribution < 1.29 is 4.79 Å². The van der Waals surface area contributed by atoms with Crippen LogP contribution in [0.5, 0.6) is 0 Å². The van der Waals surface area contributed by atoms with Gasteiger partial charge in [0.2, 0.25) is 0 Å². The van der Waals surface area contributed by atoms with Gasteiger partial charge in [0.25, 0.3) is 5.91 Å². The minimum absolute atomic E-state index is 0.176. The fraction of sp³-hybridized carbons (Fsp3) is 0.333. The second kappa shape index (κ2) is 9.32. The number of amides is 1. The van der Waals surface area contributed by atoms with E-state index in [1.54, 1.807) is 18.6 Å². The Morgan fingerprint density at radius 2 is 2.09 bits per heavy atom. The standard InChI is InChI=1S/C24H27N7O/c32-24(27-11-6-13-30-14-12-25-17-30)21-16-23-28-20(18-7-2-1-3-8-18)15-22(31(23)29-21)19-9-4-5-10-26-19/h1-3,7-8,12,14-17,19,26H,4-6,9-11,13H2,(H,27,32). The zero-order valence-corrected chi connectivity index (χ0v) is 17.9. The summed E-state index contributed by atoms with van der Waals surface area (Å²) in [7, 11) is 0. The molecule has 1 unspecified atom stereocenters. The summed E-state index contributed by atoms with van der Waals surface area (Å²) >= 11 is 0. The molecule has 1 saturated heterocycles. The quantitative estimate of drug-likeness (QED) is 0.440. The Kier molecular flexibility index (Phi) is 5.93. The van der Waals surface area contributed by atoms with Crippen molar-refractivity contribution in [1.29, 1.82) is 0 Å². The fourth-order valence-corrected chi connectivity index (χ4v) is 4.19. The predicted molar refractivity (Wildman–Crippen MR) is 122 cm³/mol. The molecular weight excluding hydrogens is 402 g/mol. The summed E-state index contributed by atoms with van der Waals surface area (Å²) in [4.78, 5) is 21.6. The van der Waals surface area contributed by atoms with Crippen molar-refractivity contribution in [2.24, 2.45) is 0 Å². The topological polar surface area (TPSA) is 89.1 Å². The molecule has 1 aliphatic rings. The van der Waals surface area contributed by atoms with E-state index in [2.05, 4.69) is 38.9 Å². The minimum Gasteiger partial charge on any atom is -0.351 e. The van der Waals surface area contributed by atoms with Crippen molar-refractivity contribution >= 4 is 11.6 Å². The highest BCUT2D eigenvalue weighted by Gasteiger charge is 2.22. The first-order valence-electron chi connectivity index (χ1n) is 11.2. The minimum atomic E-state index is -0.176. The summed E-state index contributed by atoms with van der Waals surface area (Å²) in [6.45, 7) is 2.37. The van der Waals surface area contributed by atoms with E-state index >= 15 is 0 Å². The molecule has 2 N–H and O–H groups in total. The second-order valence-electron chi connectivity index (χ2n) is 8.14. The molecular formula is C24H27N7O. The van der Waals surface area contributed by atoms with Crippen LogP contribution in [0, 0.1) is 0 Å². The van der Waals surface area contributed by atoms with Gasteiger partial charge in [0.15, 0.2) is 11.3 Å². The zero-order chi connectivity index (χ0) is 21.8. The third kappa shape index (κ3) is 4.40. The number of piperidine rings is 1. The van der Waals surface area contributed by atoms with Crippen LogP contribution in [0.25, 0.3) is 16.9 Å². The first-order valence-corrected chi connectivity index (χ1v) is 11.2. The van der Waals surface area contributed by atoms with E-state index in [1.165, 1.54) is 12.8 Å². The first-order chi connectivity index (χ1) is 15.8. The second-order valence-corrected chi connectivity index (χ2v) is 8.14. The van der Waals surface area contributed by atoms with Gasteiger partial charge in [-0.2, -0.15) is 5.10 Å². The van der Waals surface area contributed by atoms with Crippen LogP contribution in [-0.4, -0.2) is 43.1 Å². The van der Waals surface area contributed by atoms with Gasteiger partial charge in [-0.05, 0) is 31.9 Å². The number of rotatable bonds is 7. The molecule has 5 rings (SSSR count). The number of aromatic nitrogens is 5. The molecule has 1 aliphatic heterocycles. The molecule has 1 atom stereocenters. The van der Waals surface area contributed by atoms with Gasteiger partial charge in [-0.1, -0.05) is 36.8 Å². The van der Waals surface area contributed by atoms with E-state index in [-0.39, 0.29) is 11.9 Å². The van der Waals surface area contributed by atoms with E-state index in [4.69, 9.17) is 4.98 Å². The molecule has 4 heterocycles. The lowest BCUT2D eigenvalue weighted by molar-refractivity contribution is 0.0947. The number of nitrogens with one attached hydrogen (secondary N) is 2. The summed E-state index contributed by atoms with van der Waals surface area (Å²) in [5, 5.41) is 11.2. The lowest BCUT2D eigenvalue weighted by Gasteiger charge is -2.24. The molecule has 0 bridgehead atoms. The number of imidazole rings is 1. The van der Waals surface area contributed by atoms with Crippen molar-refractivity contribution in [3.8, 4) is 11.3 Å². The molecule has 3 aromatic heterocycles. The van der Waals surface area contributed by atoms with E-state index in [9.17, 15) is 4.79 Å². The number of hydrogen-bond donors (Lipinski definition) is 2. The number of benzene rings is 1. The number of carbonyl (C=O) groups excluding carboxylic acids is 1. The SMILES string of the molecule is O=C(NCCCn1ccnc1)c1cc2nc(-c3ccccc3)cc(C3CCCCN3)n2n1. The summed E-state index contributed by atoms with van der Waals surface area (Å²) in [5.74, 6) is -0.176. The van der Waals surface area contributed by atoms with Crippen molar-refractivity contribution in [3.63, 3.8) is 0 Å². The molecule has 0 radical (unpaired) electrons. The van der Waals surface area contributed by atoms with Crippen LogP contribution < -0.4 is 10.6 Å². The number of fused-ring (bicyclic) bond motifs is 1. The van der Waals surface area contributed by atoms with Gasteiger partial charge in [0.05, 0.1) is 17.7 Å². The number of aryl methyl sites for hydroxylation is 1. The molecule has 4 aromatic rings. The highest BCUT2D eigenvalue weighted by atomic mass is 16.1. The highest BCUT2D eigenvalue weighted by Crippen LogP contribution is 2.27. The third-order valence-corrected chi connectivity index (χ3v) is 5.86. The molecule has 32 heavy (non-hydrogen) atoms. The third-order valence-electron chi connectivity index (χ3n) is 5.86. The maximum atomic E-state index is 12.8. The maximum absolute atomic E-state index is 12.8. The predicted octanol–water partition coefficient (Wildman–Crippen LogP) is 3.23. The molecule has 1 fully saturated rings. The Bertz CT molecular complexity index is 1180. The average molecular weight is 430 g/mol. The van der Waals surface area contributed by atoms with Crippen LogP contribution in [0.4, 0.5) is 0 Å². The Hall–Kier alpha value is -3.52. The Morgan fingerprint density at radius 3 is 2.88 bits per heavy atom. The molecule has 8 nitrogen and oxygen atoms in total. The maximum Gasteiger partial charge on any atom is 0.271 e. The Balaban J connectivity index is 1.40. The molecule has 1 aromatic carbocycles. The smallest absolute Gasteiger partial charge is 0.271 e. The number of nitrogens with zero attached hydrogens (tertiary/aromatic N) is 5. The molecule has 0 saturated carbocycles. The number of hydrogen-bond acceptors (Lipinski definition) is 5. The van der Waals surface area contributed by atoms with Gasteiger partial charge in [0.1, 0.15) is 0 Å². The van der Waals surface area contributed by atoms with E-state index in [0.717, 1.165) is 42.9 Å². The van der Waals surface area contributed by atoms with E-state index < -0.39 is 0 Å². The van der Waals surface area contributed by atoms with Crippen LogP contribution >= 0.6 is 0 Å². The summed E-state index contributed by atoms with van der Waals surface area (Å²) < 4.78 is 3.82. The average Bonchev–Trinajstić information content (AvgIpc) is 3.52.